The molecular formula is C30H47NO10. The molecule has 0 saturated carbocycles. The first kappa shape index (κ1) is 35.7. The van der Waals surface area contributed by atoms with Crippen molar-refractivity contribution in [2.75, 3.05) is 6.61 Å². The van der Waals surface area contributed by atoms with Crippen LogP contribution in [0.2, 0.25) is 0 Å². The monoisotopic (exact) mass is 581 g/mol. The van der Waals surface area contributed by atoms with Crippen LogP contribution in [0.5, 0.6) is 11.5 Å². The van der Waals surface area contributed by atoms with Gasteiger partial charge in [0.05, 0.1) is 6.61 Å². The van der Waals surface area contributed by atoms with Crippen molar-refractivity contribution in [3.63, 3.8) is 0 Å². The maximum Gasteiger partial charge on any atom is 0.514 e. The van der Waals surface area contributed by atoms with Crippen molar-refractivity contribution in [3.8, 4) is 11.5 Å². The number of rotatable bonds is 15. The number of carboxylic acid groups (broad SMARTS) is 1. The fourth-order valence-electron chi connectivity index (χ4n) is 3.56. The summed E-state index contributed by atoms with van der Waals surface area (Å²) in [5.41, 5.74) is 6.44. The second-order valence-corrected chi connectivity index (χ2v) is 11.3. The first-order chi connectivity index (χ1) is 19.1. The number of carbonyl (C=O) groups is 4. The highest BCUT2D eigenvalue weighted by Gasteiger charge is 2.33. The lowest BCUT2D eigenvalue weighted by atomic mass is 9.82. The molecule has 6 atom stereocenters. The zero-order chi connectivity index (χ0) is 31.4. The van der Waals surface area contributed by atoms with E-state index in [2.05, 4.69) is 0 Å². The van der Waals surface area contributed by atoms with Crippen LogP contribution in [-0.2, 0) is 23.8 Å². The lowest BCUT2D eigenvalue weighted by Crippen LogP contribution is -2.40. The molecule has 0 aliphatic carbocycles. The van der Waals surface area contributed by atoms with Gasteiger partial charge in [-0.1, -0.05) is 61.0 Å². The van der Waals surface area contributed by atoms with E-state index in [1.165, 1.54) is 18.2 Å². The Hall–Kier alpha value is -3.34. The van der Waals surface area contributed by atoms with Gasteiger partial charge in [0, 0.05) is 12.3 Å². The molecule has 0 amide bonds. The Bertz CT molecular complexity index is 1020. The van der Waals surface area contributed by atoms with E-state index in [0.29, 0.717) is 5.56 Å². The van der Waals surface area contributed by atoms with Crippen molar-refractivity contribution in [2.24, 2.45) is 29.4 Å². The van der Waals surface area contributed by atoms with Gasteiger partial charge in [-0.2, -0.15) is 0 Å². The summed E-state index contributed by atoms with van der Waals surface area (Å²) in [7, 11) is 0. The number of nitrogens with two attached hydrogens (primary N) is 1. The highest BCUT2D eigenvalue weighted by Crippen LogP contribution is 2.36. The van der Waals surface area contributed by atoms with E-state index < -0.39 is 54.3 Å². The molecule has 0 aromatic heterocycles. The maximum absolute atomic E-state index is 12.6. The van der Waals surface area contributed by atoms with Gasteiger partial charge in [-0.25, -0.2) is 9.59 Å². The molecule has 11 heteroatoms. The third-order valence-corrected chi connectivity index (χ3v) is 7.19. The maximum atomic E-state index is 12.6. The Labute approximate surface area is 243 Å². The topological polar surface area (TPSA) is 161 Å². The Morgan fingerprint density at radius 1 is 0.829 bits per heavy atom. The summed E-state index contributed by atoms with van der Waals surface area (Å²) in [4.78, 5) is 49.2. The first-order valence-electron chi connectivity index (χ1n) is 14.1. The normalized spacial score (nSPS) is 15.7. The predicted molar refractivity (Wildman–Crippen MR) is 152 cm³/mol. The average Bonchev–Trinajstić information content (AvgIpc) is 2.88. The van der Waals surface area contributed by atoms with Crippen molar-refractivity contribution in [1.29, 1.82) is 0 Å². The van der Waals surface area contributed by atoms with Crippen LogP contribution in [0.3, 0.4) is 0 Å². The fraction of sp³-hybridized carbons (Fsp3) is 0.667. The molecule has 0 saturated heterocycles. The summed E-state index contributed by atoms with van der Waals surface area (Å²) in [6, 6.07) is 2.84. The van der Waals surface area contributed by atoms with Gasteiger partial charge < -0.3 is 34.5 Å². The van der Waals surface area contributed by atoms with Crippen LogP contribution in [0.25, 0.3) is 0 Å². The van der Waals surface area contributed by atoms with Crippen LogP contribution in [-0.4, -0.2) is 54.2 Å². The third kappa shape index (κ3) is 12.0. The molecule has 0 aliphatic rings. The van der Waals surface area contributed by atoms with Gasteiger partial charge in [0.1, 0.15) is 18.2 Å². The van der Waals surface area contributed by atoms with E-state index in [1.54, 1.807) is 20.8 Å². The molecule has 1 aromatic carbocycles. The molecule has 0 bridgehead atoms. The van der Waals surface area contributed by atoms with E-state index in [0.717, 1.165) is 6.42 Å². The van der Waals surface area contributed by atoms with E-state index in [9.17, 15) is 24.3 Å². The van der Waals surface area contributed by atoms with Gasteiger partial charge >= 0.3 is 24.2 Å². The zero-order valence-corrected chi connectivity index (χ0v) is 25.7. The van der Waals surface area contributed by atoms with Crippen molar-refractivity contribution in [1.82, 2.24) is 0 Å². The van der Waals surface area contributed by atoms with Crippen molar-refractivity contribution < 1.29 is 48.0 Å². The summed E-state index contributed by atoms with van der Waals surface area (Å²) in [6.45, 7) is 16.4. The van der Waals surface area contributed by atoms with Gasteiger partial charge in [-0.3, -0.25) is 9.59 Å². The number of carbonyl (C=O) groups excluding carboxylic acids is 3. The molecule has 1 rings (SSSR count). The van der Waals surface area contributed by atoms with Crippen LogP contribution >= 0.6 is 0 Å². The summed E-state index contributed by atoms with van der Waals surface area (Å²) in [6.07, 6.45) is -1.89. The van der Waals surface area contributed by atoms with Crippen LogP contribution in [0.4, 0.5) is 9.59 Å². The Balaban J connectivity index is 3.38. The SMILES string of the molecule is CCC(C)CC(=O)OCC(C)C(c1ccc(OC(=O)OC(C)C(C)C)c(OC(=O)OC(C)C(C)C)c1)[C@H](N)C(=O)O. The minimum absolute atomic E-state index is 0.0129. The van der Waals surface area contributed by atoms with Gasteiger partial charge in [0.15, 0.2) is 11.5 Å². The quantitative estimate of drug-likeness (QED) is 0.144. The largest absolute Gasteiger partial charge is 0.514 e. The van der Waals surface area contributed by atoms with Crippen LogP contribution in [0.15, 0.2) is 18.2 Å². The van der Waals surface area contributed by atoms with E-state index in [1.807, 2.05) is 41.5 Å². The molecule has 1 aromatic rings. The first-order valence-corrected chi connectivity index (χ1v) is 14.1. The number of hydrogen-bond donors (Lipinski definition) is 2. The smallest absolute Gasteiger partial charge is 0.480 e. The number of benzene rings is 1. The van der Waals surface area contributed by atoms with Crippen molar-refractivity contribution >= 4 is 24.2 Å². The summed E-state index contributed by atoms with van der Waals surface area (Å²) >= 11 is 0. The summed E-state index contributed by atoms with van der Waals surface area (Å²) < 4.78 is 26.7. The van der Waals surface area contributed by atoms with Crippen LogP contribution < -0.4 is 15.2 Å². The van der Waals surface area contributed by atoms with Crippen LogP contribution in [0.1, 0.15) is 86.6 Å². The molecule has 41 heavy (non-hydrogen) atoms. The predicted octanol–water partition coefficient (Wildman–Crippen LogP) is 5.92. The minimum atomic E-state index is -1.39. The fourth-order valence-corrected chi connectivity index (χ4v) is 3.56. The highest BCUT2D eigenvalue weighted by atomic mass is 16.7. The molecular weight excluding hydrogens is 534 g/mol. The van der Waals surface area contributed by atoms with E-state index in [4.69, 9.17) is 29.4 Å². The lowest BCUT2D eigenvalue weighted by molar-refractivity contribution is -0.146. The van der Waals surface area contributed by atoms with Gasteiger partial charge in [0.2, 0.25) is 0 Å². The Morgan fingerprint density at radius 2 is 1.34 bits per heavy atom. The molecule has 0 radical (unpaired) electrons. The van der Waals surface area contributed by atoms with E-state index in [-0.39, 0.29) is 42.3 Å². The summed E-state index contributed by atoms with van der Waals surface area (Å²) in [5.74, 6) is -3.20. The second-order valence-electron chi connectivity index (χ2n) is 11.3. The molecule has 5 unspecified atom stereocenters. The highest BCUT2D eigenvalue weighted by molar-refractivity contribution is 5.75. The molecule has 0 aliphatic heterocycles. The van der Waals surface area contributed by atoms with Gasteiger partial charge in [0.25, 0.3) is 0 Å². The number of hydrogen-bond acceptors (Lipinski definition) is 10. The molecule has 0 spiro atoms. The van der Waals surface area contributed by atoms with E-state index >= 15 is 0 Å². The number of carboxylic acids is 1. The average molecular weight is 582 g/mol. The van der Waals surface area contributed by atoms with Crippen LogP contribution in [0, 0.1) is 23.7 Å². The third-order valence-electron chi connectivity index (χ3n) is 7.19. The molecule has 0 fully saturated rings. The molecule has 3 N–H and O–H groups in total. The van der Waals surface area contributed by atoms with Gasteiger partial charge in [-0.15, -0.1) is 0 Å². The lowest BCUT2D eigenvalue weighted by Gasteiger charge is -2.28. The molecule has 232 valence electrons. The van der Waals surface area contributed by atoms with Crippen molar-refractivity contribution in [2.45, 2.75) is 99.3 Å². The molecule has 11 nitrogen and oxygen atoms in total. The number of ether oxygens (including phenoxy) is 5. The summed E-state index contributed by atoms with van der Waals surface area (Å²) in [5, 5.41) is 9.73. The Kier molecular flexibility index (Phi) is 14.6. The van der Waals surface area contributed by atoms with Crippen molar-refractivity contribution in [3.05, 3.63) is 23.8 Å². The minimum Gasteiger partial charge on any atom is -0.480 e. The Morgan fingerprint density at radius 3 is 1.80 bits per heavy atom. The zero-order valence-electron chi connectivity index (χ0n) is 25.7. The van der Waals surface area contributed by atoms with Gasteiger partial charge in [-0.05, 0) is 55.2 Å². The second kappa shape index (κ2) is 16.8. The number of esters is 1. The number of aliphatic carboxylic acids is 1. The standard InChI is InChI=1S/C30H47NO10/c1-10-18(6)13-25(32)37-15-19(7)26(27(31)28(33)34)22-11-12-23(40-29(35)38-20(8)16(2)3)24(14-22)41-30(36)39-21(9)17(4)5/h11-12,14,16-21,26-27H,10,13,15,31H2,1-9H3,(H,33,34)/t18?,19?,20?,21?,26?,27-/m0/s1. The molecule has 0 heterocycles.